The van der Waals surface area contributed by atoms with Crippen LogP contribution >= 0.6 is 0 Å². The Morgan fingerprint density at radius 3 is 1.94 bits per heavy atom. The fraction of sp³-hybridized carbons (Fsp3) is 0.733. The van der Waals surface area contributed by atoms with Crippen molar-refractivity contribution in [2.24, 2.45) is 0 Å². The van der Waals surface area contributed by atoms with Gasteiger partial charge in [0.15, 0.2) is 5.78 Å². The molecule has 17 heavy (non-hydrogen) atoms. The van der Waals surface area contributed by atoms with Crippen molar-refractivity contribution >= 4 is 12.1 Å². The first-order chi connectivity index (χ1) is 8.31. The summed E-state index contributed by atoms with van der Waals surface area (Å²) in [5.41, 5.74) is 0. The number of unbranched alkanes of at least 4 members (excludes halogenated alkanes) is 8. The van der Waals surface area contributed by atoms with Crippen molar-refractivity contribution in [3.8, 4) is 0 Å². The van der Waals surface area contributed by atoms with Crippen LogP contribution in [0.15, 0.2) is 12.2 Å². The predicted octanol–water partition coefficient (Wildman–Crippen LogP) is 4.23. The summed E-state index contributed by atoms with van der Waals surface area (Å²) >= 11 is 0. The van der Waals surface area contributed by atoms with Crippen molar-refractivity contribution < 1.29 is 9.59 Å². The van der Waals surface area contributed by atoms with Crippen LogP contribution in [0.5, 0.6) is 0 Å². The lowest BCUT2D eigenvalue weighted by Crippen LogP contribution is -1.92. The molecule has 0 spiro atoms. The minimum atomic E-state index is 0.0695. The van der Waals surface area contributed by atoms with Crippen LogP contribution in [-0.2, 0) is 9.59 Å². The molecule has 0 radical (unpaired) electrons. The maximum Gasteiger partial charge on any atom is 0.155 e. The van der Waals surface area contributed by atoms with Gasteiger partial charge in [0.1, 0.15) is 6.29 Å². The summed E-state index contributed by atoms with van der Waals surface area (Å²) in [6.07, 6.45) is 15.2. The molecule has 0 aromatic carbocycles. The topological polar surface area (TPSA) is 34.1 Å². The van der Waals surface area contributed by atoms with Crippen LogP contribution in [0.2, 0.25) is 0 Å². The zero-order valence-corrected chi connectivity index (χ0v) is 11.1. The van der Waals surface area contributed by atoms with E-state index in [1.165, 1.54) is 57.1 Å². The third kappa shape index (κ3) is 13.0. The molecule has 0 fully saturated rings. The molecule has 98 valence electrons. The first-order valence-corrected chi connectivity index (χ1v) is 6.96. The van der Waals surface area contributed by atoms with Gasteiger partial charge in [0.05, 0.1) is 0 Å². The molecule has 0 aliphatic carbocycles. The zero-order valence-electron chi connectivity index (χ0n) is 11.1. The summed E-state index contributed by atoms with van der Waals surface area (Å²) in [7, 11) is 0. The van der Waals surface area contributed by atoms with Crippen molar-refractivity contribution in [3.63, 3.8) is 0 Å². The first-order valence-electron chi connectivity index (χ1n) is 6.96. The molecule has 0 N–H and O–H groups in total. The van der Waals surface area contributed by atoms with E-state index in [0.29, 0.717) is 12.7 Å². The highest BCUT2D eigenvalue weighted by Crippen LogP contribution is 2.10. The molecule has 0 amide bonds. The van der Waals surface area contributed by atoms with Crippen molar-refractivity contribution in [3.05, 3.63) is 12.2 Å². The van der Waals surface area contributed by atoms with Gasteiger partial charge in [-0.05, 0) is 18.6 Å². The van der Waals surface area contributed by atoms with E-state index in [9.17, 15) is 9.59 Å². The summed E-state index contributed by atoms with van der Waals surface area (Å²) in [6.45, 7) is 2.23. The number of rotatable bonds is 12. The van der Waals surface area contributed by atoms with Gasteiger partial charge in [-0.3, -0.25) is 9.59 Å². The van der Waals surface area contributed by atoms with Gasteiger partial charge in [-0.15, -0.1) is 0 Å². The smallest absolute Gasteiger partial charge is 0.155 e. The standard InChI is InChI=1S/C15H26O2/c1-2-3-4-5-6-7-8-9-10-12-15(17)13-11-14-16/h11,13-14H,2-10,12H2,1H3. The third-order valence-corrected chi connectivity index (χ3v) is 2.89. The molecule has 0 saturated heterocycles. The second-order valence-electron chi connectivity index (χ2n) is 4.54. The summed E-state index contributed by atoms with van der Waals surface area (Å²) in [5, 5.41) is 0. The minimum Gasteiger partial charge on any atom is -0.299 e. The number of hydrogen-bond acceptors (Lipinski definition) is 2. The van der Waals surface area contributed by atoms with Crippen molar-refractivity contribution in [1.29, 1.82) is 0 Å². The number of aldehydes is 1. The summed E-state index contributed by atoms with van der Waals surface area (Å²) < 4.78 is 0. The molecule has 0 aliphatic heterocycles. The average molecular weight is 238 g/mol. The molecular formula is C15H26O2. The number of carbonyl (C=O) groups is 2. The van der Waals surface area contributed by atoms with Crippen LogP contribution in [0, 0.1) is 0 Å². The Labute approximate surface area is 105 Å². The summed E-state index contributed by atoms with van der Waals surface area (Å²) in [4.78, 5) is 21.2. The molecule has 0 aliphatic rings. The minimum absolute atomic E-state index is 0.0695. The number of hydrogen-bond donors (Lipinski definition) is 0. The Balaban J connectivity index is 3.15. The summed E-state index contributed by atoms with van der Waals surface area (Å²) in [5.74, 6) is 0.0695. The lowest BCUT2D eigenvalue weighted by atomic mass is 10.1. The Bertz CT molecular complexity index is 219. The number of ketones is 1. The van der Waals surface area contributed by atoms with E-state index in [0.717, 1.165) is 12.8 Å². The van der Waals surface area contributed by atoms with Gasteiger partial charge in [0, 0.05) is 6.42 Å². The van der Waals surface area contributed by atoms with Gasteiger partial charge < -0.3 is 0 Å². The zero-order chi connectivity index (χ0) is 12.8. The van der Waals surface area contributed by atoms with Crippen LogP contribution in [0.1, 0.15) is 71.1 Å². The van der Waals surface area contributed by atoms with Gasteiger partial charge in [0.2, 0.25) is 0 Å². The lowest BCUT2D eigenvalue weighted by molar-refractivity contribution is -0.115. The van der Waals surface area contributed by atoms with Crippen LogP contribution in [-0.4, -0.2) is 12.1 Å². The van der Waals surface area contributed by atoms with Crippen LogP contribution < -0.4 is 0 Å². The molecule has 2 heteroatoms. The summed E-state index contributed by atoms with van der Waals surface area (Å²) in [6, 6.07) is 0. The number of carbonyl (C=O) groups excluding carboxylic acids is 2. The highest BCUT2D eigenvalue weighted by Gasteiger charge is 1.96. The maximum atomic E-state index is 11.2. The Morgan fingerprint density at radius 2 is 1.41 bits per heavy atom. The van der Waals surface area contributed by atoms with Crippen molar-refractivity contribution in [2.45, 2.75) is 71.1 Å². The Hall–Kier alpha value is -0.920. The number of allylic oxidation sites excluding steroid dienone is 2. The molecule has 0 bridgehead atoms. The fourth-order valence-electron chi connectivity index (χ4n) is 1.84. The van der Waals surface area contributed by atoms with Crippen molar-refractivity contribution in [2.75, 3.05) is 0 Å². The van der Waals surface area contributed by atoms with Gasteiger partial charge in [-0.25, -0.2) is 0 Å². The highest BCUT2D eigenvalue weighted by atomic mass is 16.1. The predicted molar refractivity (Wildman–Crippen MR) is 72.1 cm³/mol. The van der Waals surface area contributed by atoms with E-state index in [-0.39, 0.29) is 5.78 Å². The first kappa shape index (κ1) is 16.1. The maximum absolute atomic E-state index is 11.2. The van der Waals surface area contributed by atoms with Crippen LogP contribution in [0.4, 0.5) is 0 Å². The monoisotopic (exact) mass is 238 g/mol. The largest absolute Gasteiger partial charge is 0.299 e. The van der Waals surface area contributed by atoms with E-state index in [2.05, 4.69) is 6.92 Å². The molecule has 0 unspecified atom stereocenters. The van der Waals surface area contributed by atoms with Gasteiger partial charge >= 0.3 is 0 Å². The normalized spacial score (nSPS) is 10.9. The van der Waals surface area contributed by atoms with E-state index >= 15 is 0 Å². The van der Waals surface area contributed by atoms with Gasteiger partial charge in [-0.2, -0.15) is 0 Å². The quantitative estimate of drug-likeness (QED) is 0.289. The Morgan fingerprint density at radius 1 is 0.882 bits per heavy atom. The van der Waals surface area contributed by atoms with Gasteiger partial charge in [0.25, 0.3) is 0 Å². The SMILES string of the molecule is CCCCCCCCCCCC(=O)C=CC=O. The Kier molecular flexibility index (Phi) is 12.4. The molecule has 0 saturated carbocycles. The molecular weight excluding hydrogens is 212 g/mol. The second kappa shape index (κ2) is 13.1. The van der Waals surface area contributed by atoms with E-state index in [1.807, 2.05) is 0 Å². The van der Waals surface area contributed by atoms with E-state index < -0.39 is 0 Å². The fourth-order valence-corrected chi connectivity index (χ4v) is 1.84. The van der Waals surface area contributed by atoms with E-state index in [1.54, 1.807) is 0 Å². The molecule has 0 rings (SSSR count). The molecule has 0 atom stereocenters. The molecule has 0 aromatic rings. The van der Waals surface area contributed by atoms with Crippen molar-refractivity contribution in [1.82, 2.24) is 0 Å². The van der Waals surface area contributed by atoms with Crippen LogP contribution in [0.25, 0.3) is 0 Å². The average Bonchev–Trinajstić information content (AvgIpc) is 2.34. The third-order valence-electron chi connectivity index (χ3n) is 2.89. The lowest BCUT2D eigenvalue weighted by Gasteiger charge is -2.00. The molecule has 0 heterocycles. The highest BCUT2D eigenvalue weighted by molar-refractivity contribution is 5.92. The second-order valence-corrected chi connectivity index (χ2v) is 4.54. The van der Waals surface area contributed by atoms with Crippen LogP contribution in [0.3, 0.4) is 0 Å². The molecule has 2 nitrogen and oxygen atoms in total. The van der Waals surface area contributed by atoms with E-state index in [4.69, 9.17) is 0 Å². The molecule has 0 aromatic heterocycles. The van der Waals surface area contributed by atoms with Gasteiger partial charge in [-0.1, -0.05) is 58.3 Å².